The van der Waals surface area contributed by atoms with E-state index in [0.717, 1.165) is 12.8 Å². The van der Waals surface area contributed by atoms with Crippen LogP contribution in [0.2, 0.25) is 0 Å². The number of hydrogen-bond acceptors (Lipinski definition) is 2. The lowest BCUT2D eigenvalue weighted by molar-refractivity contribution is -0.139. The number of hydrogen-bond donors (Lipinski definition) is 1. The van der Waals surface area contributed by atoms with Crippen molar-refractivity contribution in [3.8, 4) is 0 Å². The van der Waals surface area contributed by atoms with Gasteiger partial charge in [-0.2, -0.15) is 0 Å². The van der Waals surface area contributed by atoms with Crippen LogP contribution in [0.1, 0.15) is 44.1 Å². The quantitative estimate of drug-likeness (QED) is 0.913. The van der Waals surface area contributed by atoms with Crippen LogP contribution in [-0.2, 0) is 9.59 Å². The Kier molecular flexibility index (Phi) is 4.77. The van der Waals surface area contributed by atoms with E-state index in [1.807, 2.05) is 25.1 Å². The van der Waals surface area contributed by atoms with Gasteiger partial charge in [0.2, 0.25) is 11.8 Å². The first-order chi connectivity index (χ1) is 9.63. The standard InChI is InChI=1S/C16H22N2O2/c1-2-14(16(17)20)18-11-10-13(8-9-15(18)19)12-6-4-3-5-7-12/h3-7,13-14H,2,8-11H2,1H3,(H2,17,20). The summed E-state index contributed by atoms with van der Waals surface area (Å²) in [6.45, 7) is 2.50. The molecule has 2 amide bonds. The Morgan fingerprint density at radius 3 is 2.65 bits per heavy atom. The topological polar surface area (TPSA) is 63.4 Å². The van der Waals surface area contributed by atoms with Crippen molar-refractivity contribution in [1.82, 2.24) is 4.90 Å². The molecule has 0 radical (unpaired) electrons. The van der Waals surface area contributed by atoms with Gasteiger partial charge in [-0.15, -0.1) is 0 Å². The monoisotopic (exact) mass is 274 g/mol. The minimum absolute atomic E-state index is 0.0501. The van der Waals surface area contributed by atoms with Crippen molar-refractivity contribution in [2.45, 2.75) is 44.6 Å². The van der Waals surface area contributed by atoms with Gasteiger partial charge in [-0.25, -0.2) is 0 Å². The van der Waals surface area contributed by atoms with Crippen molar-refractivity contribution >= 4 is 11.8 Å². The molecule has 108 valence electrons. The molecule has 0 aromatic heterocycles. The van der Waals surface area contributed by atoms with Crippen LogP contribution in [-0.4, -0.2) is 29.3 Å². The predicted octanol–water partition coefficient (Wildman–Crippen LogP) is 2.05. The number of carbonyl (C=O) groups excluding carboxylic acids is 2. The molecule has 1 fully saturated rings. The van der Waals surface area contributed by atoms with Crippen molar-refractivity contribution in [1.29, 1.82) is 0 Å². The number of likely N-dealkylation sites (tertiary alicyclic amines) is 1. The predicted molar refractivity (Wildman–Crippen MR) is 78.0 cm³/mol. The maximum absolute atomic E-state index is 12.2. The van der Waals surface area contributed by atoms with Gasteiger partial charge in [0.1, 0.15) is 6.04 Å². The average Bonchev–Trinajstić information content (AvgIpc) is 2.64. The number of carbonyl (C=O) groups is 2. The van der Waals surface area contributed by atoms with Gasteiger partial charge >= 0.3 is 0 Å². The van der Waals surface area contributed by atoms with Crippen LogP contribution in [0.3, 0.4) is 0 Å². The molecule has 0 bridgehead atoms. The maximum Gasteiger partial charge on any atom is 0.240 e. The Hall–Kier alpha value is -1.84. The van der Waals surface area contributed by atoms with Crippen LogP contribution < -0.4 is 5.73 Å². The van der Waals surface area contributed by atoms with E-state index in [2.05, 4.69) is 12.1 Å². The molecule has 2 N–H and O–H groups in total. The van der Waals surface area contributed by atoms with Crippen LogP contribution >= 0.6 is 0 Å². The van der Waals surface area contributed by atoms with Gasteiger partial charge in [-0.3, -0.25) is 9.59 Å². The fourth-order valence-corrected chi connectivity index (χ4v) is 2.97. The van der Waals surface area contributed by atoms with E-state index in [1.165, 1.54) is 5.56 Å². The molecule has 1 aromatic carbocycles. The number of benzene rings is 1. The van der Waals surface area contributed by atoms with E-state index in [-0.39, 0.29) is 5.91 Å². The molecule has 1 aliphatic rings. The van der Waals surface area contributed by atoms with Gasteiger partial charge in [0.15, 0.2) is 0 Å². The number of amides is 2. The van der Waals surface area contributed by atoms with E-state index in [0.29, 0.717) is 25.3 Å². The highest BCUT2D eigenvalue weighted by molar-refractivity contribution is 5.86. The van der Waals surface area contributed by atoms with E-state index >= 15 is 0 Å². The van der Waals surface area contributed by atoms with Crippen molar-refractivity contribution in [3.05, 3.63) is 35.9 Å². The Morgan fingerprint density at radius 1 is 1.35 bits per heavy atom. The molecular weight excluding hydrogens is 252 g/mol. The summed E-state index contributed by atoms with van der Waals surface area (Å²) in [5.41, 5.74) is 6.68. The number of nitrogens with two attached hydrogens (primary N) is 1. The summed E-state index contributed by atoms with van der Waals surface area (Å²) in [5.74, 6) is 0.0311. The molecule has 1 heterocycles. The van der Waals surface area contributed by atoms with Gasteiger partial charge in [-0.1, -0.05) is 37.3 Å². The second-order valence-corrected chi connectivity index (χ2v) is 5.35. The Balaban J connectivity index is 2.11. The second kappa shape index (κ2) is 6.55. The van der Waals surface area contributed by atoms with E-state index < -0.39 is 11.9 Å². The van der Waals surface area contributed by atoms with E-state index in [1.54, 1.807) is 4.90 Å². The van der Waals surface area contributed by atoms with Crippen LogP contribution in [0, 0.1) is 0 Å². The number of nitrogens with zero attached hydrogens (tertiary/aromatic N) is 1. The minimum Gasteiger partial charge on any atom is -0.368 e. The molecule has 0 aliphatic carbocycles. The highest BCUT2D eigenvalue weighted by Crippen LogP contribution is 2.29. The van der Waals surface area contributed by atoms with Gasteiger partial charge in [-0.05, 0) is 30.7 Å². The molecule has 2 atom stereocenters. The zero-order chi connectivity index (χ0) is 14.5. The van der Waals surface area contributed by atoms with Crippen LogP contribution in [0.15, 0.2) is 30.3 Å². The summed E-state index contributed by atoms with van der Waals surface area (Å²) >= 11 is 0. The second-order valence-electron chi connectivity index (χ2n) is 5.35. The lowest BCUT2D eigenvalue weighted by Crippen LogP contribution is -2.47. The Labute approximate surface area is 119 Å². The fourth-order valence-electron chi connectivity index (χ4n) is 2.97. The van der Waals surface area contributed by atoms with Crippen LogP contribution in [0.4, 0.5) is 0 Å². The molecule has 1 saturated heterocycles. The molecular formula is C16H22N2O2. The third-order valence-corrected chi connectivity index (χ3v) is 4.11. The lowest BCUT2D eigenvalue weighted by Gasteiger charge is -2.27. The first kappa shape index (κ1) is 14.6. The summed E-state index contributed by atoms with van der Waals surface area (Å²) in [4.78, 5) is 25.4. The highest BCUT2D eigenvalue weighted by atomic mass is 16.2. The maximum atomic E-state index is 12.2. The minimum atomic E-state index is -0.461. The smallest absolute Gasteiger partial charge is 0.240 e. The van der Waals surface area contributed by atoms with E-state index in [4.69, 9.17) is 5.73 Å². The zero-order valence-electron chi connectivity index (χ0n) is 11.9. The molecule has 0 saturated carbocycles. The third kappa shape index (κ3) is 3.18. The molecule has 0 spiro atoms. The number of primary amides is 1. The van der Waals surface area contributed by atoms with Gasteiger partial charge < -0.3 is 10.6 Å². The Bertz CT molecular complexity index is 473. The average molecular weight is 274 g/mol. The molecule has 1 aliphatic heterocycles. The number of rotatable bonds is 4. The summed E-state index contributed by atoms with van der Waals surface area (Å²) in [6.07, 6.45) is 2.80. The molecule has 20 heavy (non-hydrogen) atoms. The summed E-state index contributed by atoms with van der Waals surface area (Å²) in [6, 6.07) is 9.80. The van der Waals surface area contributed by atoms with Crippen molar-refractivity contribution in [2.24, 2.45) is 5.73 Å². The van der Waals surface area contributed by atoms with Crippen molar-refractivity contribution in [3.63, 3.8) is 0 Å². The SMILES string of the molecule is CCC(C(N)=O)N1CCC(c2ccccc2)CCC1=O. The van der Waals surface area contributed by atoms with Gasteiger partial charge in [0, 0.05) is 13.0 Å². The zero-order valence-corrected chi connectivity index (χ0v) is 11.9. The fraction of sp³-hybridized carbons (Fsp3) is 0.500. The molecule has 4 nitrogen and oxygen atoms in total. The summed E-state index contributed by atoms with van der Waals surface area (Å²) in [7, 11) is 0. The Morgan fingerprint density at radius 2 is 2.05 bits per heavy atom. The van der Waals surface area contributed by atoms with Crippen molar-refractivity contribution < 1.29 is 9.59 Å². The first-order valence-corrected chi connectivity index (χ1v) is 7.27. The molecule has 2 rings (SSSR count). The van der Waals surface area contributed by atoms with E-state index in [9.17, 15) is 9.59 Å². The molecule has 1 aromatic rings. The normalized spacial score (nSPS) is 21.4. The van der Waals surface area contributed by atoms with Crippen molar-refractivity contribution in [2.75, 3.05) is 6.54 Å². The lowest BCUT2D eigenvalue weighted by atomic mass is 9.92. The third-order valence-electron chi connectivity index (χ3n) is 4.11. The van der Waals surface area contributed by atoms with Gasteiger partial charge in [0.25, 0.3) is 0 Å². The summed E-state index contributed by atoms with van der Waals surface area (Å²) < 4.78 is 0. The molecule has 4 heteroatoms. The van der Waals surface area contributed by atoms with Crippen LogP contribution in [0.25, 0.3) is 0 Å². The molecule has 2 unspecified atom stereocenters. The highest BCUT2D eigenvalue weighted by Gasteiger charge is 2.30. The largest absolute Gasteiger partial charge is 0.368 e. The van der Waals surface area contributed by atoms with Crippen LogP contribution in [0.5, 0.6) is 0 Å². The summed E-state index contributed by atoms with van der Waals surface area (Å²) in [5, 5.41) is 0. The van der Waals surface area contributed by atoms with Gasteiger partial charge in [0.05, 0.1) is 0 Å². The first-order valence-electron chi connectivity index (χ1n) is 7.27.